The number of rotatable bonds is 5. The Morgan fingerprint density at radius 2 is 2.23 bits per heavy atom. The third-order valence-electron chi connectivity index (χ3n) is 4.36. The lowest BCUT2D eigenvalue weighted by atomic mass is 9.94. The number of nitrogens with one attached hydrogen (secondary N) is 2. The van der Waals surface area contributed by atoms with Crippen molar-refractivity contribution in [1.82, 2.24) is 24.2 Å². The van der Waals surface area contributed by atoms with E-state index < -0.39 is 16.9 Å². The molecule has 1 aliphatic heterocycles. The lowest BCUT2D eigenvalue weighted by Gasteiger charge is -2.44. The quantitative estimate of drug-likeness (QED) is 0.659. The molecule has 26 heavy (non-hydrogen) atoms. The normalized spacial score (nSPS) is 17.4. The van der Waals surface area contributed by atoms with Gasteiger partial charge in [0.25, 0.3) is 0 Å². The highest BCUT2D eigenvalue weighted by Crippen LogP contribution is 2.29. The van der Waals surface area contributed by atoms with Crippen molar-refractivity contribution in [2.24, 2.45) is 0 Å². The third kappa shape index (κ3) is 2.88. The lowest BCUT2D eigenvalue weighted by molar-refractivity contribution is 0.227. The van der Waals surface area contributed by atoms with E-state index in [1.807, 2.05) is 25.3 Å². The predicted molar refractivity (Wildman–Crippen MR) is 99.3 cm³/mol. The lowest BCUT2D eigenvalue weighted by Crippen LogP contribution is -2.66. The number of nitriles is 1. The first-order valence-electron chi connectivity index (χ1n) is 8.22. The van der Waals surface area contributed by atoms with E-state index in [-0.39, 0.29) is 0 Å². The summed E-state index contributed by atoms with van der Waals surface area (Å²) in [5, 5.41) is 13.7. The number of pyridine rings is 1. The van der Waals surface area contributed by atoms with Crippen LogP contribution in [0.1, 0.15) is 6.92 Å². The molecule has 3 aromatic heterocycles. The number of aromatic nitrogens is 4. The van der Waals surface area contributed by atoms with Crippen molar-refractivity contribution >= 4 is 28.2 Å². The second kappa shape index (κ2) is 6.57. The van der Waals surface area contributed by atoms with Crippen molar-refractivity contribution in [3.63, 3.8) is 0 Å². The highest BCUT2D eigenvalue weighted by atomic mass is 32.2. The van der Waals surface area contributed by atoms with Gasteiger partial charge in [0.1, 0.15) is 17.2 Å². The molecule has 0 aliphatic carbocycles. The minimum Gasteiger partial charge on any atom is -0.598 e. The van der Waals surface area contributed by atoms with Crippen LogP contribution in [0, 0.1) is 11.3 Å². The van der Waals surface area contributed by atoms with E-state index >= 15 is 0 Å². The summed E-state index contributed by atoms with van der Waals surface area (Å²) in [6, 6.07) is 7.84. The molecule has 4 heterocycles. The summed E-state index contributed by atoms with van der Waals surface area (Å²) < 4.78 is 13.6. The smallest absolute Gasteiger partial charge is 0.163 e. The first kappa shape index (κ1) is 16.8. The predicted octanol–water partition coefficient (Wildman–Crippen LogP) is 1.69. The zero-order valence-corrected chi connectivity index (χ0v) is 15.0. The maximum Gasteiger partial charge on any atom is 0.163 e. The van der Waals surface area contributed by atoms with Crippen molar-refractivity contribution in [2.75, 3.05) is 24.2 Å². The molecule has 1 saturated heterocycles. The van der Waals surface area contributed by atoms with Crippen LogP contribution in [0.3, 0.4) is 0 Å². The van der Waals surface area contributed by atoms with Crippen molar-refractivity contribution in [3.8, 4) is 17.5 Å². The van der Waals surface area contributed by atoms with Gasteiger partial charge in [0.15, 0.2) is 11.4 Å². The molecule has 1 unspecified atom stereocenters. The highest BCUT2D eigenvalue weighted by Gasteiger charge is 2.49. The van der Waals surface area contributed by atoms with Crippen LogP contribution in [-0.2, 0) is 11.4 Å². The van der Waals surface area contributed by atoms with Gasteiger partial charge in [-0.2, -0.15) is 5.26 Å². The third-order valence-corrected chi connectivity index (χ3v) is 5.68. The Hall–Kier alpha value is -2.67. The Kier molecular flexibility index (Phi) is 4.24. The van der Waals surface area contributed by atoms with Gasteiger partial charge in [-0.25, -0.2) is 15.0 Å². The molecule has 3 aromatic rings. The number of hydrogen-bond donors (Lipinski definition) is 2. The second-order valence-corrected chi connectivity index (χ2v) is 7.83. The van der Waals surface area contributed by atoms with Gasteiger partial charge >= 0.3 is 0 Å². The van der Waals surface area contributed by atoms with Crippen LogP contribution in [0.2, 0.25) is 0 Å². The first-order valence-corrected chi connectivity index (χ1v) is 9.50. The minimum absolute atomic E-state index is 0.403. The van der Waals surface area contributed by atoms with Gasteiger partial charge in [0.2, 0.25) is 0 Å². The summed E-state index contributed by atoms with van der Waals surface area (Å²) in [5.74, 6) is 1.67. The maximum atomic E-state index is 11.8. The van der Waals surface area contributed by atoms with Crippen LogP contribution < -0.4 is 5.32 Å². The van der Waals surface area contributed by atoms with Crippen molar-refractivity contribution in [1.29, 1.82) is 5.26 Å². The van der Waals surface area contributed by atoms with Gasteiger partial charge in [-0.05, 0) is 25.1 Å². The Balaban J connectivity index is 1.58. The molecule has 0 saturated carbocycles. The molecule has 0 aromatic carbocycles. The number of fused-ring (bicyclic) bond motifs is 1. The fourth-order valence-corrected chi connectivity index (χ4v) is 4.10. The second-order valence-electron chi connectivity index (χ2n) is 6.09. The first-order chi connectivity index (χ1) is 12.6. The molecule has 1 aliphatic rings. The minimum atomic E-state index is -1.04. The monoisotopic (exact) mass is 367 g/mol. The summed E-state index contributed by atoms with van der Waals surface area (Å²) in [7, 11) is 0. The standard InChI is InChI=1S/C17H17N7OS/c1-2-26(25)24-10-17(9-18,11-24)23-14-5-7-20-16(22-14)13-8-21-15-12(13)4-3-6-19-15/h3-8H,2,10-11H2,1H3,(H,19,21)(H,20,22,23). The molecule has 1 fully saturated rings. The zero-order chi connectivity index (χ0) is 18.1. The molecule has 0 amide bonds. The largest absolute Gasteiger partial charge is 0.598 e. The van der Waals surface area contributed by atoms with Crippen molar-refractivity contribution < 1.29 is 4.55 Å². The molecule has 9 heteroatoms. The maximum absolute atomic E-state index is 11.8. The van der Waals surface area contributed by atoms with Gasteiger partial charge in [-0.3, -0.25) is 0 Å². The van der Waals surface area contributed by atoms with Crippen LogP contribution in [-0.4, -0.2) is 53.2 Å². The van der Waals surface area contributed by atoms with Gasteiger partial charge in [0, 0.05) is 40.9 Å². The van der Waals surface area contributed by atoms with E-state index in [4.69, 9.17) is 0 Å². The van der Waals surface area contributed by atoms with Crippen LogP contribution >= 0.6 is 0 Å². The molecule has 0 radical (unpaired) electrons. The number of H-pyrrole nitrogens is 1. The average molecular weight is 367 g/mol. The molecule has 1 atom stereocenters. The molecule has 8 nitrogen and oxygen atoms in total. The number of aromatic amines is 1. The van der Waals surface area contributed by atoms with Crippen molar-refractivity contribution in [3.05, 3.63) is 36.8 Å². The summed E-state index contributed by atoms with van der Waals surface area (Å²) in [6.07, 6.45) is 5.21. The fraction of sp³-hybridized carbons (Fsp3) is 0.294. The molecule has 2 N–H and O–H groups in total. The average Bonchev–Trinajstić information content (AvgIpc) is 3.08. The number of hydrogen-bond acceptors (Lipinski definition) is 7. The summed E-state index contributed by atoms with van der Waals surface area (Å²) in [4.78, 5) is 16.3. The van der Waals surface area contributed by atoms with Crippen LogP contribution in [0.25, 0.3) is 22.4 Å². The molecular weight excluding hydrogens is 350 g/mol. The van der Waals surface area contributed by atoms with Crippen LogP contribution in [0.5, 0.6) is 0 Å². The fourth-order valence-electron chi connectivity index (χ4n) is 3.00. The molecule has 0 bridgehead atoms. The Bertz CT molecular complexity index is 976. The SMILES string of the molecule is CC[S+]([O-])N1CC(C#N)(Nc2ccnc(-c3c[nH]c4ncccc34)n2)C1. The van der Waals surface area contributed by atoms with E-state index in [1.165, 1.54) is 0 Å². The Morgan fingerprint density at radius 1 is 1.38 bits per heavy atom. The topological polar surface area (TPSA) is 117 Å². The van der Waals surface area contributed by atoms with E-state index in [1.54, 1.807) is 22.8 Å². The number of nitrogens with zero attached hydrogens (tertiary/aromatic N) is 5. The molecule has 4 rings (SSSR count). The molecule has 132 valence electrons. The van der Waals surface area contributed by atoms with Gasteiger partial charge < -0.3 is 14.9 Å². The summed E-state index contributed by atoms with van der Waals surface area (Å²) in [6.45, 7) is 2.67. The van der Waals surface area contributed by atoms with Gasteiger partial charge in [0.05, 0.1) is 19.2 Å². The highest BCUT2D eigenvalue weighted by molar-refractivity contribution is 7.89. The van der Waals surface area contributed by atoms with Gasteiger partial charge in [-0.15, -0.1) is 4.31 Å². The van der Waals surface area contributed by atoms with Crippen molar-refractivity contribution in [2.45, 2.75) is 12.5 Å². The van der Waals surface area contributed by atoms with E-state index in [2.05, 4.69) is 31.3 Å². The van der Waals surface area contributed by atoms with E-state index in [0.717, 1.165) is 16.6 Å². The van der Waals surface area contributed by atoms with Crippen LogP contribution in [0.15, 0.2) is 36.8 Å². The van der Waals surface area contributed by atoms with Crippen LogP contribution in [0.4, 0.5) is 5.82 Å². The Morgan fingerprint density at radius 3 is 3.00 bits per heavy atom. The summed E-state index contributed by atoms with van der Waals surface area (Å²) >= 11 is -1.04. The van der Waals surface area contributed by atoms with E-state index in [9.17, 15) is 9.81 Å². The molecule has 0 spiro atoms. The number of anilines is 1. The van der Waals surface area contributed by atoms with Gasteiger partial charge in [-0.1, -0.05) is 0 Å². The van der Waals surface area contributed by atoms with E-state index in [0.29, 0.717) is 30.5 Å². The Labute approximate surface area is 153 Å². The molecular formula is C17H17N7OS. The summed E-state index contributed by atoms with van der Waals surface area (Å²) in [5.41, 5.74) is 0.845. The zero-order valence-electron chi connectivity index (χ0n) is 14.1.